The van der Waals surface area contributed by atoms with Crippen LogP contribution in [0.2, 0.25) is 0 Å². The summed E-state index contributed by atoms with van der Waals surface area (Å²) in [5.41, 5.74) is 5.18. The molecule has 0 saturated carbocycles. The first kappa shape index (κ1) is 22.4. The molecule has 3 N–H and O–H groups in total. The Bertz CT molecular complexity index is 1010. The molecule has 1 aliphatic rings. The third-order valence-electron chi connectivity index (χ3n) is 6.29. The molecule has 0 unspecified atom stereocenters. The lowest BCUT2D eigenvalue weighted by Gasteiger charge is -2.20. The molecule has 0 amide bonds. The van der Waals surface area contributed by atoms with Crippen molar-refractivity contribution in [3.05, 3.63) is 71.4 Å². The molecule has 6 nitrogen and oxygen atoms in total. The molecule has 3 aromatic rings. The fourth-order valence-corrected chi connectivity index (χ4v) is 4.34. The van der Waals surface area contributed by atoms with Crippen molar-refractivity contribution in [2.24, 2.45) is 4.99 Å². The van der Waals surface area contributed by atoms with Crippen LogP contribution in [0.25, 0.3) is 10.9 Å². The van der Waals surface area contributed by atoms with Gasteiger partial charge in [0.25, 0.3) is 0 Å². The van der Waals surface area contributed by atoms with Crippen LogP contribution in [-0.4, -0.2) is 67.6 Å². The summed E-state index contributed by atoms with van der Waals surface area (Å²) < 4.78 is 0. The van der Waals surface area contributed by atoms with Crippen LogP contribution in [-0.2, 0) is 19.5 Å². The summed E-state index contributed by atoms with van der Waals surface area (Å²) >= 11 is 0. The molecule has 0 aliphatic carbocycles. The third kappa shape index (κ3) is 6.11. The van der Waals surface area contributed by atoms with Gasteiger partial charge in [0.1, 0.15) is 0 Å². The molecule has 4 rings (SSSR count). The van der Waals surface area contributed by atoms with Gasteiger partial charge in [0.2, 0.25) is 0 Å². The first-order valence-electron chi connectivity index (χ1n) is 11.7. The van der Waals surface area contributed by atoms with Gasteiger partial charge in [0.05, 0.1) is 0 Å². The number of aromatic amines is 1. The minimum atomic E-state index is 0.765. The largest absolute Gasteiger partial charge is 0.361 e. The molecule has 170 valence electrons. The Morgan fingerprint density at radius 3 is 2.62 bits per heavy atom. The Kier molecular flexibility index (Phi) is 7.80. The van der Waals surface area contributed by atoms with Crippen LogP contribution in [0.5, 0.6) is 0 Å². The molecule has 6 heteroatoms. The Morgan fingerprint density at radius 1 is 0.969 bits per heavy atom. The lowest BCUT2D eigenvalue weighted by Crippen LogP contribution is -2.37. The maximum atomic E-state index is 4.37. The van der Waals surface area contributed by atoms with Crippen LogP contribution in [0.1, 0.15) is 23.1 Å². The van der Waals surface area contributed by atoms with Crippen molar-refractivity contribution in [3.8, 4) is 0 Å². The minimum absolute atomic E-state index is 0.765. The Balaban J connectivity index is 1.21. The van der Waals surface area contributed by atoms with Crippen molar-refractivity contribution >= 4 is 16.9 Å². The highest BCUT2D eigenvalue weighted by molar-refractivity contribution is 5.83. The zero-order chi connectivity index (χ0) is 22.2. The molecule has 2 aromatic carbocycles. The third-order valence-corrected chi connectivity index (χ3v) is 6.29. The van der Waals surface area contributed by atoms with E-state index in [4.69, 9.17) is 0 Å². The first-order valence-corrected chi connectivity index (χ1v) is 11.7. The van der Waals surface area contributed by atoms with Gasteiger partial charge in [-0.15, -0.1) is 0 Å². The maximum Gasteiger partial charge on any atom is 0.191 e. The Labute approximate surface area is 191 Å². The van der Waals surface area contributed by atoms with Crippen molar-refractivity contribution in [1.82, 2.24) is 25.4 Å². The first-order chi connectivity index (χ1) is 15.7. The Hall–Kier alpha value is -2.83. The lowest BCUT2D eigenvalue weighted by molar-refractivity contribution is 0.269. The van der Waals surface area contributed by atoms with Gasteiger partial charge in [0, 0.05) is 56.9 Å². The van der Waals surface area contributed by atoms with Gasteiger partial charge in [0.15, 0.2) is 5.96 Å². The van der Waals surface area contributed by atoms with Gasteiger partial charge >= 0.3 is 0 Å². The number of para-hydroxylation sites is 1. The number of fused-ring (bicyclic) bond motifs is 1. The number of aromatic nitrogens is 1. The smallest absolute Gasteiger partial charge is 0.191 e. The molecule has 1 aliphatic heterocycles. The van der Waals surface area contributed by atoms with Crippen LogP contribution in [0.3, 0.4) is 0 Å². The highest BCUT2D eigenvalue weighted by Gasteiger charge is 2.12. The molecule has 1 saturated heterocycles. The van der Waals surface area contributed by atoms with Crippen LogP contribution in [0.4, 0.5) is 0 Å². The normalized spacial score (nSPS) is 16.2. The number of guanidine groups is 1. The topological polar surface area (TPSA) is 58.7 Å². The average molecular weight is 433 g/mol. The van der Waals surface area contributed by atoms with Crippen molar-refractivity contribution in [3.63, 3.8) is 0 Å². The number of aliphatic imine (C=N–C) groups is 1. The SMILES string of the molecule is CN=C(NCCc1c[nH]c2ccccc12)NCc1ccc(CN2CCCN(C)CC2)cc1. The summed E-state index contributed by atoms with van der Waals surface area (Å²) in [6.45, 7) is 7.35. The zero-order valence-electron chi connectivity index (χ0n) is 19.4. The van der Waals surface area contributed by atoms with Crippen LogP contribution in [0, 0.1) is 0 Å². The van der Waals surface area contributed by atoms with Gasteiger partial charge in [-0.3, -0.25) is 9.89 Å². The second-order valence-electron chi connectivity index (χ2n) is 8.71. The number of nitrogens with zero attached hydrogens (tertiary/aromatic N) is 3. The molecule has 0 bridgehead atoms. The van der Waals surface area contributed by atoms with E-state index in [1.165, 1.54) is 47.1 Å². The van der Waals surface area contributed by atoms with Crippen molar-refractivity contribution in [2.75, 3.05) is 46.8 Å². The molecule has 0 spiro atoms. The van der Waals surface area contributed by atoms with E-state index < -0.39 is 0 Å². The van der Waals surface area contributed by atoms with Crippen molar-refractivity contribution < 1.29 is 0 Å². The standard InChI is InChI=1S/C26H36N6/c1-27-26(28-13-12-23-19-29-25-7-4-3-6-24(23)25)30-18-21-8-10-22(11-9-21)20-32-15-5-14-31(2)16-17-32/h3-4,6-11,19,29H,5,12-18,20H2,1-2H3,(H2,27,28,30). The van der Waals surface area contributed by atoms with E-state index >= 15 is 0 Å². The van der Waals surface area contributed by atoms with Crippen LogP contribution in [0.15, 0.2) is 59.7 Å². The van der Waals surface area contributed by atoms with Crippen LogP contribution >= 0.6 is 0 Å². The van der Waals surface area contributed by atoms with E-state index in [1.54, 1.807) is 0 Å². The van der Waals surface area contributed by atoms with Gasteiger partial charge in [-0.1, -0.05) is 42.5 Å². The number of nitrogens with one attached hydrogen (secondary N) is 3. The number of hydrogen-bond donors (Lipinski definition) is 3. The second kappa shape index (κ2) is 11.2. The quantitative estimate of drug-likeness (QED) is 0.396. The molecule has 1 aromatic heterocycles. The summed E-state index contributed by atoms with van der Waals surface area (Å²) in [7, 11) is 4.04. The van der Waals surface area contributed by atoms with E-state index in [0.717, 1.165) is 45.1 Å². The molecular formula is C26H36N6. The van der Waals surface area contributed by atoms with Gasteiger partial charge in [-0.25, -0.2) is 0 Å². The predicted molar refractivity (Wildman–Crippen MR) is 134 cm³/mol. The second-order valence-corrected chi connectivity index (χ2v) is 8.71. The lowest BCUT2D eigenvalue weighted by atomic mass is 10.1. The molecular weight excluding hydrogens is 396 g/mol. The van der Waals surface area contributed by atoms with E-state index in [0.29, 0.717) is 0 Å². The number of likely N-dealkylation sites (N-methyl/N-ethyl adjacent to an activating group) is 1. The van der Waals surface area contributed by atoms with E-state index in [9.17, 15) is 0 Å². The molecule has 2 heterocycles. The number of H-pyrrole nitrogens is 1. The average Bonchev–Trinajstić information content (AvgIpc) is 3.12. The molecule has 0 atom stereocenters. The maximum absolute atomic E-state index is 4.37. The fourth-order valence-electron chi connectivity index (χ4n) is 4.34. The fraction of sp³-hybridized carbons (Fsp3) is 0.423. The molecule has 32 heavy (non-hydrogen) atoms. The van der Waals surface area contributed by atoms with Crippen molar-refractivity contribution in [2.45, 2.75) is 25.9 Å². The Morgan fingerprint density at radius 2 is 1.78 bits per heavy atom. The highest BCUT2D eigenvalue weighted by Crippen LogP contribution is 2.17. The van der Waals surface area contributed by atoms with Gasteiger partial charge < -0.3 is 20.5 Å². The zero-order valence-corrected chi connectivity index (χ0v) is 19.4. The monoisotopic (exact) mass is 432 g/mol. The van der Waals surface area contributed by atoms with E-state index in [2.05, 4.69) is 92.2 Å². The van der Waals surface area contributed by atoms with E-state index in [1.807, 2.05) is 7.05 Å². The minimum Gasteiger partial charge on any atom is -0.361 e. The summed E-state index contributed by atoms with van der Waals surface area (Å²) in [6.07, 6.45) is 4.31. The summed E-state index contributed by atoms with van der Waals surface area (Å²) in [5.74, 6) is 0.836. The number of benzene rings is 2. The number of hydrogen-bond acceptors (Lipinski definition) is 3. The van der Waals surface area contributed by atoms with Crippen molar-refractivity contribution in [1.29, 1.82) is 0 Å². The molecule has 0 radical (unpaired) electrons. The molecule has 1 fully saturated rings. The predicted octanol–water partition coefficient (Wildman–Crippen LogP) is 3.21. The highest BCUT2D eigenvalue weighted by atomic mass is 15.2. The van der Waals surface area contributed by atoms with E-state index in [-0.39, 0.29) is 0 Å². The van der Waals surface area contributed by atoms with Gasteiger partial charge in [-0.2, -0.15) is 0 Å². The summed E-state index contributed by atoms with van der Waals surface area (Å²) in [5, 5.41) is 8.16. The van der Waals surface area contributed by atoms with Gasteiger partial charge in [-0.05, 0) is 55.7 Å². The summed E-state index contributed by atoms with van der Waals surface area (Å²) in [4.78, 5) is 12.7. The number of rotatable bonds is 7. The van der Waals surface area contributed by atoms with Crippen LogP contribution < -0.4 is 10.6 Å². The summed E-state index contributed by atoms with van der Waals surface area (Å²) in [6, 6.07) is 17.4.